The van der Waals surface area contributed by atoms with Gasteiger partial charge in [-0.1, -0.05) is 36.8 Å². The zero-order chi connectivity index (χ0) is 19.5. The Morgan fingerprint density at radius 2 is 1.67 bits per heavy atom. The fraction of sp³-hybridized carbons (Fsp3) is 0.286. The molecule has 0 radical (unpaired) electrons. The molecule has 2 amide bonds. The maximum atomic E-state index is 11.9. The van der Waals surface area contributed by atoms with Crippen molar-refractivity contribution in [2.45, 2.75) is 32.6 Å². The number of amides is 2. The third-order valence-corrected chi connectivity index (χ3v) is 4.04. The molecule has 0 aliphatic carbocycles. The Balaban J connectivity index is 1.60. The van der Waals surface area contributed by atoms with Gasteiger partial charge in [0.1, 0.15) is 5.75 Å². The Morgan fingerprint density at radius 3 is 2.41 bits per heavy atom. The summed E-state index contributed by atoms with van der Waals surface area (Å²) in [7, 11) is 0. The monoisotopic (exact) mass is 367 g/mol. The number of hydrogen-bond acceptors (Lipinski definition) is 4. The van der Waals surface area contributed by atoms with Crippen LogP contribution in [0.3, 0.4) is 0 Å². The number of hydrazone groups is 1. The predicted octanol–water partition coefficient (Wildman–Crippen LogP) is 3.22. The molecule has 0 aromatic heterocycles. The van der Waals surface area contributed by atoms with E-state index in [-0.39, 0.29) is 17.6 Å². The van der Waals surface area contributed by atoms with Crippen molar-refractivity contribution in [1.82, 2.24) is 10.7 Å². The quantitative estimate of drug-likeness (QED) is 0.361. The van der Waals surface area contributed by atoms with E-state index in [1.807, 2.05) is 18.2 Å². The molecule has 0 atom stereocenters. The second-order valence-electron chi connectivity index (χ2n) is 6.18. The molecule has 0 saturated heterocycles. The van der Waals surface area contributed by atoms with Crippen molar-refractivity contribution < 1.29 is 14.7 Å². The first-order valence-corrected chi connectivity index (χ1v) is 9.02. The second-order valence-corrected chi connectivity index (χ2v) is 6.18. The fourth-order valence-electron chi connectivity index (χ4n) is 2.52. The Bertz CT molecular complexity index is 788. The number of para-hydroxylation sites is 1. The van der Waals surface area contributed by atoms with Crippen LogP contribution in [0.2, 0.25) is 0 Å². The largest absolute Gasteiger partial charge is 0.507 e. The van der Waals surface area contributed by atoms with Gasteiger partial charge in [-0.05, 0) is 44.0 Å². The SMILES string of the molecule is CC(=NNC(=O)CCCCCNC(=O)c1ccccc1)c1ccccc1O. The maximum absolute atomic E-state index is 11.9. The highest BCUT2D eigenvalue weighted by molar-refractivity contribution is 6.01. The van der Waals surface area contributed by atoms with Crippen molar-refractivity contribution >= 4 is 17.5 Å². The van der Waals surface area contributed by atoms with Gasteiger partial charge in [0, 0.05) is 24.1 Å². The van der Waals surface area contributed by atoms with Crippen LogP contribution in [-0.2, 0) is 4.79 Å². The van der Waals surface area contributed by atoms with Crippen LogP contribution >= 0.6 is 0 Å². The van der Waals surface area contributed by atoms with Crippen molar-refractivity contribution in [3.8, 4) is 5.75 Å². The van der Waals surface area contributed by atoms with Gasteiger partial charge in [0.2, 0.25) is 5.91 Å². The van der Waals surface area contributed by atoms with Gasteiger partial charge in [0.15, 0.2) is 0 Å². The minimum atomic E-state index is -0.168. The number of phenols is 1. The molecule has 0 heterocycles. The van der Waals surface area contributed by atoms with Crippen LogP contribution in [-0.4, -0.2) is 29.2 Å². The Kier molecular flexibility index (Phi) is 8.03. The summed E-state index contributed by atoms with van der Waals surface area (Å²) in [5.74, 6) is -0.119. The second kappa shape index (κ2) is 10.8. The normalized spacial score (nSPS) is 11.1. The van der Waals surface area contributed by atoms with E-state index < -0.39 is 0 Å². The van der Waals surface area contributed by atoms with Gasteiger partial charge < -0.3 is 10.4 Å². The first kappa shape index (κ1) is 20.2. The average Bonchev–Trinajstić information content (AvgIpc) is 2.69. The first-order chi connectivity index (χ1) is 13.1. The zero-order valence-electron chi connectivity index (χ0n) is 15.4. The summed E-state index contributed by atoms with van der Waals surface area (Å²) in [6.07, 6.45) is 2.74. The van der Waals surface area contributed by atoms with Gasteiger partial charge in [-0.25, -0.2) is 5.43 Å². The Labute approximate surface area is 159 Å². The van der Waals surface area contributed by atoms with Crippen LogP contribution in [0, 0.1) is 0 Å². The molecule has 2 rings (SSSR count). The van der Waals surface area contributed by atoms with Gasteiger partial charge in [-0.2, -0.15) is 5.10 Å². The molecular formula is C21H25N3O3. The standard InChI is InChI=1S/C21H25N3O3/c1-16(18-12-7-8-13-19(18)25)23-24-20(26)14-6-3-9-15-22-21(27)17-10-4-2-5-11-17/h2,4-5,7-8,10-13,25H,3,6,9,14-15H2,1H3,(H,22,27)(H,24,26). The highest BCUT2D eigenvalue weighted by atomic mass is 16.3. The number of carbonyl (C=O) groups excluding carboxylic acids is 2. The summed E-state index contributed by atoms with van der Waals surface area (Å²) in [6, 6.07) is 15.9. The van der Waals surface area contributed by atoms with E-state index >= 15 is 0 Å². The van der Waals surface area contributed by atoms with Crippen LogP contribution in [0.15, 0.2) is 59.7 Å². The zero-order valence-corrected chi connectivity index (χ0v) is 15.4. The number of nitrogens with one attached hydrogen (secondary N) is 2. The number of nitrogens with zero attached hydrogens (tertiary/aromatic N) is 1. The predicted molar refractivity (Wildman–Crippen MR) is 106 cm³/mol. The van der Waals surface area contributed by atoms with Crippen molar-refractivity contribution in [3.05, 3.63) is 65.7 Å². The summed E-state index contributed by atoms with van der Waals surface area (Å²) in [5, 5.41) is 16.7. The lowest BCUT2D eigenvalue weighted by atomic mass is 10.1. The molecule has 142 valence electrons. The van der Waals surface area contributed by atoms with Gasteiger partial charge in [-0.15, -0.1) is 0 Å². The Morgan fingerprint density at radius 1 is 0.963 bits per heavy atom. The number of rotatable bonds is 9. The first-order valence-electron chi connectivity index (χ1n) is 9.02. The van der Waals surface area contributed by atoms with Crippen LogP contribution in [0.1, 0.15) is 48.5 Å². The maximum Gasteiger partial charge on any atom is 0.251 e. The number of phenolic OH excluding ortho intramolecular Hbond substituents is 1. The molecule has 0 bridgehead atoms. The summed E-state index contributed by atoms with van der Waals surface area (Å²) < 4.78 is 0. The molecule has 6 heteroatoms. The summed E-state index contributed by atoms with van der Waals surface area (Å²) >= 11 is 0. The van der Waals surface area contributed by atoms with Crippen LogP contribution in [0.4, 0.5) is 0 Å². The summed E-state index contributed by atoms with van der Waals surface area (Å²) in [6.45, 7) is 2.31. The van der Waals surface area contributed by atoms with Crippen molar-refractivity contribution in [1.29, 1.82) is 0 Å². The molecule has 6 nitrogen and oxygen atoms in total. The highest BCUT2D eigenvalue weighted by Crippen LogP contribution is 2.16. The van der Waals surface area contributed by atoms with E-state index in [9.17, 15) is 14.7 Å². The number of benzene rings is 2. The smallest absolute Gasteiger partial charge is 0.251 e. The molecular weight excluding hydrogens is 342 g/mol. The number of carbonyl (C=O) groups is 2. The van der Waals surface area contributed by atoms with E-state index in [2.05, 4.69) is 15.8 Å². The molecule has 0 unspecified atom stereocenters. The van der Waals surface area contributed by atoms with Crippen molar-refractivity contribution in [2.75, 3.05) is 6.54 Å². The molecule has 0 saturated carbocycles. The van der Waals surface area contributed by atoms with E-state index in [1.165, 1.54) is 0 Å². The molecule has 27 heavy (non-hydrogen) atoms. The molecule has 2 aromatic rings. The van der Waals surface area contributed by atoms with Crippen molar-refractivity contribution in [2.24, 2.45) is 5.10 Å². The lowest BCUT2D eigenvalue weighted by molar-refractivity contribution is -0.121. The average molecular weight is 367 g/mol. The van der Waals surface area contributed by atoms with Gasteiger partial charge in [-0.3, -0.25) is 9.59 Å². The van der Waals surface area contributed by atoms with Crippen molar-refractivity contribution in [3.63, 3.8) is 0 Å². The fourth-order valence-corrected chi connectivity index (χ4v) is 2.52. The van der Waals surface area contributed by atoms with E-state index in [4.69, 9.17) is 0 Å². The van der Waals surface area contributed by atoms with Crippen LogP contribution in [0.25, 0.3) is 0 Å². The molecule has 0 aliphatic rings. The van der Waals surface area contributed by atoms with E-state index in [1.54, 1.807) is 43.3 Å². The lowest BCUT2D eigenvalue weighted by Gasteiger charge is -2.06. The summed E-state index contributed by atoms with van der Waals surface area (Å²) in [4.78, 5) is 23.7. The third kappa shape index (κ3) is 6.93. The van der Waals surface area contributed by atoms with Crippen LogP contribution < -0.4 is 10.7 Å². The minimum absolute atomic E-state index is 0.0812. The molecule has 2 aromatic carbocycles. The molecule has 0 fully saturated rings. The number of unbranched alkanes of at least 4 members (excludes halogenated alkanes) is 2. The van der Waals surface area contributed by atoms with Crippen LogP contribution in [0.5, 0.6) is 5.75 Å². The molecule has 3 N–H and O–H groups in total. The van der Waals surface area contributed by atoms with E-state index in [0.717, 1.165) is 19.3 Å². The highest BCUT2D eigenvalue weighted by Gasteiger charge is 2.06. The number of hydrogen-bond donors (Lipinski definition) is 3. The minimum Gasteiger partial charge on any atom is -0.507 e. The lowest BCUT2D eigenvalue weighted by Crippen LogP contribution is -2.24. The summed E-state index contributed by atoms with van der Waals surface area (Å²) in [5.41, 5.74) is 4.29. The van der Waals surface area contributed by atoms with Gasteiger partial charge in [0.05, 0.1) is 5.71 Å². The van der Waals surface area contributed by atoms with E-state index in [0.29, 0.717) is 29.8 Å². The Hall–Kier alpha value is -3.15. The van der Waals surface area contributed by atoms with Gasteiger partial charge in [0.25, 0.3) is 5.91 Å². The topological polar surface area (TPSA) is 90.8 Å². The molecule has 0 spiro atoms. The van der Waals surface area contributed by atoms with Gasteiger partial charge >= 0.3 is 0 Å². The third-order valence-electron chi connectivity index (χ3n) is 4.04. The molecule has 0 aliphatic heterocycles. The number of aromatic hydroxyl groups is 1.